The third-order valence-corrected chi connectivity index (χ3v) is 1.92. The number of anilines is 1. The van der Waals surface area contributed by atoms with Crippen LogP contribution >= 0.6 is 0 Å². The minimum absolute atomic E-state index is 0.0665. The highest BCUT2D eigenvalue weighted by Gasteiger charge is 2.15. The number of nitro groups is 1. The molecule has 0 amide bonds. The molecule has 0 bridgehead atoms. The van der Waals surface area contributed by atoms with E-state index < -0.39 is 17.9 Å². The van der Waals surface area contributed by atoms with Crippen molar-refractivity contribution in [1.29, 1.82) is 0 Å². The molecule has 0 saturated heterocycles. The molecule has 0 saturated carbocycles. The molecule has 0 radical (unpaired) electrons. The van der Waals surface area contributed by atoms with Gasteiger partial charge < -0.3 is 10.1 Å². The molecule has 0 aromatic heterocycles. The Bertz CT molecular complexity index is 399. The molecule has 5 nitrogen and oxygen atoms in total. The van der Waals surface area contributed by atoms with E-state index in [1.54, 1.807) is 6.92 Å². The molecule has 17 heavy (non-hydrogen) atoms. The number of halogens is 2. The second-order valence-corrected chi connectivity index (χ2v) is 3.14. The number of hydrogen-bond acceptors (Lipinski definition) is 4. The molecule has 0 aliphatic heterocycles. The largest absolute Gasteiger partial charge is 0.487 e. The molecular weight excluding hydrogens is 234 g/mol. The van der Waals surface area contributed by atoms with E-state index in [-0.39, 0.29) is 18.0 Å². The summed E-state index contributed by atoms with van der Waals surface area (Å²) in [6.07, 6.45) is -2.49. The first-order chi connectivity index (χ1) is 8.04. The van der Waals surface area contributed by atoms with Crippen molar-refractivity contribution >= 4 is 11.4 Å². The highest BCUT2D eigenvalue weighted by atomic mass is 19.3. The molecular formula is C10H12F2N2O3. The Morgan fingerprint density at radius 1 is 1.53 bits per heavy atom. The van der Waals surface area contributed by atoms with Crippen molar-refractivity contribution in [3.8, 4) is 5.75 Å². The number of alkyl halides is 2. The van der Waals surface area contributed by atoms with Gasteiger partial charge in [-0.15, -0.1) is 0 Å². The molecule has 1 rings (SSSR count). The summed E-state index contributed by atoms with van der Waals surface area (Å²) in [5.74, 6) is 0.0665. The fourth-order valence-corrected chi connectivity index (χ4v) is 1.24. The van der Waals surface area contributed by atoms with Crippen LogP contribution in [0.3, 0.4) is 0 Å². The quantitative estimate of drug-likeness (QED) is 0.619. The number of nitrogens with one attached hydrogen (secondary N) is 1. The van der Waals surface area contributed by atoms with Crippen LogP contribution in [0.2, 0.25) is 0 Å². The molecule has 1 N–H and O–H groups in total. The standard InChI is InChI=1S/C10H12F2N2O3/c1-2-17-9-5-7(13-6-10(11)12)3-4-8(9)14(15)16/h3-5,10,13H,2,6H2,1H3. The summed E-state index contributed by atoms with van der Waals surface area (Å²) in [4.78, 5) is 10.1. The van der Waals surface area contributed by atoms with Crippen molar-refractivity contribution in [2.75, 3.05) is 18.5 Å². The summed E-state index contributed by atoms with van der Waals surface area (Å²) in [5.41, 5.74) is 0.175. The van der Waals surface area contributed by atoms with Crippen LogP contribution in [-0.4, -0.2) is 24.5 Å². The van der Waals surface area contributed by atoms with Gasteiger partial charge in [0.1, 0.15) is 0 Å². The topological polar surface area (TPSA) is 64.4 Å². The maximum atomic E-state index is 12.0. The van der Waals surface area contributed by atoms with Crippen LogP contribution in [-0.2, 0) is 0 Å². The van der Waals surface area contributed by atoms with Crippen LogP contribution in [0.5, 0.6) is 5.75 Å². The van der Waals surface area contributed by atoms with Crippen LogP contribution in [0, 0.1) is 10.1 Å². The Balaban J connectivity index is 2.89. The molecule has 0 aliphatic rings. The summed E-state index contributed by atoms with van der Waals surface area (Å²) in [6, 6.07) is 3.92. The van der Waals surface area contributed by atoms with Gasteiger partial charge in [-0.25, -0.2) is 8.78 Å². The predicted molar refractivity (Wildman–Crippen MR) is 58.8 cm³/mol. The zero-order valence-electron chi connectivity index (χ0n) is 9.15. The third-order valence-electron chi connectivity index (χ3n) is 1.92. The van der Waals surface area contributed by atoms with E-state index in [2.05, 4.69) is 5.32 Å². The van der Waals surface area contributed by atoms with E-state index in [1.165, 1.54) is 18.2 Å². The second-order valence-electron chi connectivity index (χ2n) is 3.14. The van der Waals surface area contributed by atoms with Crippen LogP contribution in [0.1, 0.15) is 6.92 Å². The van der Waals surface area contributed by atoms with Gasteiger partial charge in [0.2, 0.25) is 0 Å². The van der Waals surface area contributed by atoms with E-state index >= 15 is 0 Å². The predicted octanol–water partition coefficient (Wildman–Crippen LogP) is 2.67. The molecule has 0 unspecified atom stereocenters. The van der Waals surface area contributed by atoms with E-state index in [0.29, 0.717) is 5.69 Å². The van der Waals surface area contributed by atoms with Gasteiger partial charge in [-0.2, -0.15) is 0 Å². The van der Waals surface area contributed by atoms with Gasteiger partial charge >= 0.3 is 5.69 Å². The van der Waals surface area contributed by atoms with Crippen LogP contribution in [0.15, 0.2) is 18.2 Å². The molecule has 1 aromatic carbocycles. The highest BCUT2D eigenvalue weighted by Crippen LogP contribution is 2.30. The molecule has 0 atom stereocenters. The summed E-state index contributed by atoms with van der Waals surface area (Å²) in [7, 11) is 0. The van der Waals surface area contributed by atoms with Crippen molar-refractivity contribution in [1.82, 2.24) is 0 Å². The van der Waals surface area contributed by atoms with Crippen LogP contribution < -0.4 is 10.1 Å². The fraction of sp³-hybridized carbons (Fsp3) is 0.400. The van der Waals surface area contributed by atoms with Gasteiger partial charge in [0.15, 0.2) is 5.75 Å². The summed E-state index contributed by atoms with van der Waals surface area (Å²) >= 11 is 0. The van der Waals surface area contributed by atoms with E-state index in [9.17, 15) is 18.9 Å². The molecule has 0 fully saturated rings. The van der Waals surface area contributed by atoms with Crippen LogP contribution in [0.4, 0.5) is 20.2 Å². The number of rotatable bonds is 6. The van der Waals surface area contributed by atoms with Gasteiger partial charge in [0.25, 0.3) is 6.43 Å². The SMILES string of the molecule is CCOc1cc(NCC(F)F)ccc1[N+](=O)[O-]. The van der Waals surface area contributed by atoms with Gasteiger partial charge in [-0.1, -0.05) is 0 Å². The van der Waals surface area contributed by atoms with Gasteiger partial charge in [0, 0.05) is 17.8 Å². The molecule has 7 heteroatoms. The lowest BCUT2D eigenvalue weighted by Gasteiger charge is -2.08. The Morgan fingerprint density at radius 3 is 2.76 bits per heavy atom. The Hall–Kier alpha value is -1.92. The molecule has 0 heterocycles. The monoisotopic (exact) mass is 246 g/mol. The van der Waals surface area contributed by atoms with Crippen molar-refractivity contribution in [2.24, 2.45) is 0 Å². The zero-order chi connectivity index (χ0) is 12.8. The number of hydrogen-bond donors (Lipinski definition) is 1. The maximum absolute atomic E-state index is 12.0. The zero-order valence-corrected chi connectivity index (χ0v) is 9.15. The van der Waals surface area contributed by atoms with E-state index in [4.69, 9.17) is 4.74 Å². The summed E-state index contributed by atoms with van der Waals surface area (Å²) in [6.45, 7) is 1.44. The fourth-order valence-electron chi connectivity index (χ4n) is 1.24. The smallest absolute Gasteiger partial charge is 0.311 e. The normalized spacial score (nSPS) is 10.4. The summed E-state index contributed by atoms with van der Waals surface area (Å²) < 4.78 is 29.0. The molecule has 1 aromatic rings. The van der Waals surface area contributed by atoms with Crippen molar-refractivity contribution in [2.45, 2.75) is 13.3 Å². The molecule has 94 valence electrons. The molecule has 0 aliphatic carbocycles. The molecule has 0 spiro atoms. The Kier molecular flexibility index (Phi) is 4.62. The first-order valence-corrected chi connectivity index (χ1v) is 4.97. The first kappa shape index (κ1) is 13.1. The first-order valence-electron chi connectivity index (χ1n) is 4.97. The number of ether oxygens (including phenoxy) is 1. The average Bonchev–Trinajstić information content (AvgIpc) is 2.26. The number of benzene rings is 1. The Labute approximate surface area is 96.5 Å². The van der Waals surface area contributed by atoms with E-state index in [1.807, 2.05) is 0 Å². The minimum atomic E-state index is -2.49. The minimum Gasteiger partial charge on any atom is -0.487 e. The van der Waals surface area contributed by atoms with Gasteiger partial charge in [-0.05, 0) is 13.0 Å². The highest BCUT2D eigenvalue weighted by molar-refractivity contribution is 5.58. The van der Waals surface area contributed by atoms with Crippen molar-refractivity contribution < 1.29 is 18.4 Å². The average molecular weight is 246 g/mol. The second kappa shape index (κ2) is 5.97. The van der Waals surface area contributed by atoms with E-state index in [0.717, 1.165) is 0 Å². The lowest BCUT2D eigenvalue weighted by atomic mass is 10.2. The third kappa shape index (κ3) is 3.86. The Morgan fingerprint density at radius 2 is 2.24 bits per heavy atom. The maximum Gasteiger partial charge on any atom is 0.311 e. The lowest BCUT2D eigenvalue weighted by Crippen LogP contribution is -2.10. The van der Waals surface area contributed by atoms with Gasteiger partial charge in [0.05, 0.1) is 18.1 Å². The van der Waals surface area contributed by atoms with Crippen LogP contribution in [0.25, 0.3) is 0 Å². The lowest BCUT2D eigenvalue weighted by molar-refractivity contribution is -0.385. The van der Waals surface area contributed by atoms with Gasteiger partial charge in [-0.3, -0.25) is 10.1 Å². The summed E-state index contributed by atoms with van der Waals surface area (Å²) in [5, 5.41) is 13.1. The number of nitrogens with zero attached hydrogens (tertiary/aromatic N) is 1. The number of nitro benzene ring substituents is 1. The van der Waals surface area contributed by atoms with Crippen molar-refractivity contribution in [3.63, 3.8) is 0 Å². The van der Waals surface area contributed by atoms with Crippen molar-refractivity contribution in [3.05, 3.63) is 28.3 Å².